The van der Waals surface area contributed by atoms with Crippen LogP contribution in [0, 0.1) is 0 Å². The lowest BCUT2D eigenvalue weighted by atomic mass is 10.1. The van der Waals surface area contributed by atoms with Gasteiger partial charge in [0.25, 0.3) is 5.56 Å². The molecule has 1 saturated heterocycles. The number of hydrogen-bond acceptors (Lipinski definition) is 5. The maximum Gasteiger partial charge on any atom is 0.280 e. The van der Waals surface area contributed by atoms with E-state index >= 15 is 0 Å². The first-order valence-corrected chi connectivity index (χ1v) is 10.0. The van der Waals surface area contributed by atoms with Crippen LogP contribution in [0.1, 0.15) is 6.92 Å². The summed E-state index contributed by atoms with van der Waals surface area (Å²) < 4.78 is 1.19. The number of aromatic amines is 1. The Hall–Kier alpha value is -3.32. The van der Waals surface area contributed by atoms with Crippen LogP contribution in [-0.4, -0.2) is 52.3 Å². The fourth-order valence-electron chi connectivity index (χ4n) is 4.10. The maximum atomic E-state index is 12.8. The smallest absolute Gasteiger partial charge is 0.280 e. The number of nitrogens with two attached hydrogens (primary N) is 1. The summed E-state index contributed by atoms with van der Waals surface area (Å²) in [5.74, 6) is 6.59. The molecule has 1 aliphatic rings. The first-order valence-electron chi connectivity index (χ1n) is 10.0. The van der Waals surface area contributed by atoms with Gasteiger partial charge in [0.2, 0.25) is 0 Å². The molecular formula is C22H24N6O. The molecule has 3 N–H and O–H groups in total. The number of aromatic nitrogens is 3. The van der Waals surface area contributed by atoms with Gasteiger partial charge in [-0.25, -0.2) is 9.66 Å². The van der Waals surface area contributed by atoms with Crippen LogP contribution in [0.4, 0.5) is 5.69 Å². The Balaban J connectivity index is 1.53. The van der Waals surface area contributed by atoms with Crippen molar-refractivity contribution in [3.63, 3.8) is 0 Å². The summed E-state index contributed by atoms with van der Waals surface area (Å²) in [6.07, 6.45) is 0. The molecule has 0 saturated carbocycles. The molecule has 0 atom stereocenters. The molecule has 2 aromatic heterocycles. The minimum atomic E-state index is -0.265. The lowest BCUT2D eigenvalue weighted by Crippen LogP contribution is -2.46. The van der Waals surface area contributed by atoms with Crippen LogP contribution < -0.4 is 16.3 Å². The van der Waals surface area contributed by atoms with E-state index in [9.17, 15) is 4.79 Å². The van der Waals surface area contributed by atoms with Crippen molar-refractivity contribution in [2.45, 2.75) is 6.92 Å². The van der Waals surface area contributed by atoms with Crippen LogP contribution in [0.5, 0.6) is 0 Å². The van der Waals surface area contributed by atoms with Gasteiger partial charge in [-0.3, -0.25) is 4.79 Å². The normalized spacial score (nSPS) is 15.4. The number of anilines is 1. The third-order valence-electron chi connectivity index (χ3n) is 5.85. The van der Waals surface area contributed by atoms with Gasteiger partial charge in [0, 0.05) is 37.3 Å². The Morgan fingerprint density at radius 1 is 1.07 bits per heavy atom. The van der Waals surface area contributed by atoms with Crippen molar-refractivity contribution >= 4 is 27.6 Å². The highest BCUT2D eigenvalue weighted by Gasteiger charge is 2.17. The maximum absolute atomic E-state index is 12.8. The van der Waals surface area contributed by atoms with Crippen LogP contribution in [0.3, 0.4) is 0 Å². The van der Waals surface area contributed by atoms with E-state index in [1.165, 1.54) is 10.4 Å². The molecule has 0 bridgehead atoms. The Kier molecular flexibility index (Phi) is 4.24. The molecule has 1 fully saturated rings. The number of fused-ring (bicyclic) bond motifs is 2. The predicted octanol–water partition coefficient (Wildman–Crippen LogP) is 2.40. The zero-order valence-corrected chi connectivity index (χ0v) is 16.4. The molecule has 0 spiro atoms. The van der Waals surface area contributed by atoms with E-state index in [1.54, 1.807) is 0 Å². The number of benzene rings is 2. The fourth-order valence-corrected chi connectivity index (χ4v) is 4.10. The number of pyridine rings is 1. The van der Waals surface area contributed by atoms with E-state index in [4.69, 9.17) is 5.84 Å². The second-order valence-electron chi connectivity index (χ2n) is 7.50. The third-order valence-corrected chi connectivity index (χ3v) is 5.85. The van der Waals surface area contributed by atoms with Crippen LogP contribution in [0.25, 0.3) is 33.3 Å². The van der Waals surface area contributed by atoms with Gasteiger partial charge in [-0.2, -0.15) is 0 Å². The highest BCUT2D eigenvalue weighted by Crippen LogP contribution is 2.25. The lowest BCUT2D eigenvalue weighted by Gasteiger charge is -2.35. The van der Waals surface area contributed by atoms with E-state index < -0.39 is 0 Å². The van der Waals surface area contributed by atoms with Gasteiger partial charge in [-0.15, -0.1) is 0 Å². The van der Waals surface area contributed by atoms with Crippen LogP contribution in [0.2, 0.25) is 0 Å². The molecule has 5 rings (SSSR count). The van der Waals surface area contributed by atoms with Crippen molar-refractivity contribution < 1.29 is 0 Å². The Labute approximate surface area is 168 Å². The number of nitrogens with one attached hydrogen (secondary N) is 1. The number of likely N-dealkylation sites (N-methyl/N-ethyl adjacent to an activating group) is 1. The average molecular weight is 388 g/mol. The summed E-state index contributed by atoms with van der Waals surface area (Å²) in [5.41, 5.74) is 3.85. The van der Waals surface area contributed by atoms with E-state index in [0.717, 1.165) is 49.1 Å². The molecule has 3 heterocycles. The minimum absolute atomic E-state index is 0.265. The van der Waals surface area contributed by atoms with E-state index in [-0.39, 0.29) is 5.56 Å². The Morgan fingerprint density at radius 3 is 2.66 bits per heavy atom. The average Bonchev–Trinajstić information content (AvgIpc) is 3.19. The number of nitrogens with zero attached hydrogens (tertiary/aromatic N) is 4. The summed E-state index contributed by atoms with van der Waals surface area (Å²) in [4.78, 5) is 25.6. The van der Waals surface area contributed by atoms with Crippen LogP contribution in [0.15, 0.2) is 53.3 Å². The molecule has 7 nitrogen and oxygen atoms in total. The monoisotopic (exact) mass is 388 g/mol. The van der Waals surface area contributed by atoms with Crippen molar-refractivity contribution in [1.29, 1.82) is 0 Å². The van der Waals surface area contributed by atoms with E-state index in [0.29, 0.717) is 16.9 Å². The standard InChI is InChI=1S/C22H24N6O/c1-2-26-9-11-27(12-10-26)16-7-8-18-19(14-16)25-21(24-18)17-13-15-5-3-4-6-20(15)28(23)22(17)29/h3-8,13-14H,2,9-12,23H2,1H3,(H,24,25). The van der Waals surface area contributed by atoms with E-state index in [1.807, 2.05) is 36.4 Å². The highest BCUT2D eigenvalue weighted by molar-refractivity contribution is 5.86. The topological polar surface area (TPSA) is 83.2 Å². The second-order valence-corrected chi connectivity index (χ2v) is 7.50. The Bertz CT molecular complexity index is 1250. The molecule has 0 amide bonds. The summed E-state index contributed by atoms with van der Waals surface area (Å²) in [6, 6.07) is 15.7. The molecule has 0 radical (unpaired) electrons. The Morgan fingerprint density at radius 2 is 1.86 bits per heavy atom. The SMILES string of the molecule is CCN1CCN(c2ccc3nc(-c4cc5ccccc5n(N)c4=O)[nH]c3c2)CC1. The van der Waals surface area contributed by atoms with Gasteiger partial charge in [-0.1, -0.05) is 25.1 Å². The zero-order valence-electron chi connectivity index (χ0n) is 16.4. The van der Waals surface area contributed by atoms with Gasteiger partial charge in [-0.05, 0) is 36.9 Å². The van der Waals surface area contributed by atoms with Gasteiger partial charge in [0.05, 0.1) is 22.1 Å². The number of nitrogen functional groups attached to an aromatic ring is 1. The lowest BCUT2D eigenvalue weighted by molar-refractivity contribution is 0.271. The molecule has 29 heavy (non-hydrogen) atoms. The zero-order chi connectivity index (χ0) is 20.0. The largest absolute Gasteiger partial charge is 0.369 e. The van der Waals surface area contributed by atoms with Crippen LogP contribution in [-0.2, 0) is 0 Å². The van der Waals surface area contributed by atoms with Crippen molar-refractivity contribution in [2.75, 3.05) is 43.5 Å². The molecule has 4 aromatic rings. The number of para-hydroxylation sites is 1. The molecule has 7 heteroatoms. The van der Waals surface area contributed by atoms with E-state index in [2.05, 4.69) is 38.8 Å². The second kappa shape index (κ2) is 6.93. The number of hydrogen-bond donors (Lipinski definition) is 2. The summed E-state index contributed by atoms with van der Waals surface area (Å²) in [7, 11) is 0. The van der Waals surface area contributed by atoms with Crippen molar-refractivity contribution in [1.82, 2.24) is 19.5 Å². The van der Waals surface area contributed by atoms with Gasteiger partial charge in [0.1, 0.15) is 5.82 Å². The summed E-state index contributed by atoms with van der Waals surface area (Å²) in [5, 5.41) is 0.902. The number of imidazole rings is 1. The number of rotatable bonds is 3. The fraction of sp³-hybridized carbons (Fsp3) is 0.273. The summed E-state index contributed by atoms with van der Waals surface area (Å²) in [6.45, 7) is 7.49. The first-order chi connectivity index (χ1) is 14.1. The highest BCUT2D eigenvalue weighted by atomic mass is 16.1. The number of piperazine rings is 1. The molecule has 0 unspecified atom stereocenters. The summed E-state index contributed by atoms with van der Waals surface area (Å²) >= 11 is 0. The molecule has 2 aromatic carbocycles. The molecule has 148 valence electrons. The van der Waals surface area contributed by atoms with Crippen molar-refractivity contribution in [3.05, 3.63) is 58.9 Å². The third kappa shape index (κ3) is 3.03. The van der Waals surface area contributed by atoms with Gasteiger partial charge in [0.15, 0.2) is 0 Å². The number of H-pyrrole nitrogens is 1. The van der Waals surface area contributed by atoms with Gasteiger partial charge < -0.3 is 20.6 Å². The quantitative estimate of drug-likeness (QED) is 0.527. The molecule has 0 aliphatic carbocycles. The minimum Gasteiger partial charge on any atom is -0.369 e. The van der Waals surface area contributed by atoms with Crippen LogP contribution >= 0.6 is 0 Å². The van der Waals surface area contributed by atoms with Crippen molar-refractivity contribution in [3.8, 4) is 11.4 Å². The van der Waals surface area contributed by atoms with Crippen molar-refractivity contribution in [2.24, 2.45) is 0 Å². The molecular weight excluding hydrogens is 364 g/mol. The predicted molar refractivity (Wildman–Crippen MR) is 118 cm³/mol. The first kappa shape index (κ1) is 17.8. The van der Waals surface area contributed by atoms with Gasteiger partial charge >= 0.3 is 0 Å². The molecule has 1 aliphatic heterocycles.